The lowest BCUT2D eigenvalue weighted by Crippen LogP contribution is -2.48. The zero-order chi connectivity index (χ0) is 20.5. The molecule has 0 radical (unpaired) electrons. The van der Waals surface area contributed by atoms with Crippen LogP contribution in [0, 0.1) is 5.92 Å². The monoisotopic (exact) mass is 426 g/mol. The van der Waals surface area contributed by atoms with Gasteiger partial charge in [-0.15, -0.1) is 5.10 Å². The van der Waals surface area contributed by atoms with Crippen LogP contribution in [0.15, 0.2) is 16.9 Å². The molecule has 1 fully saturated rings. The van der Waals surface area contributed by atoms with E-state index in [0.29, 0.717) is 6.54 Å². The third-order valence-electron chi connectivity index (χ3n) is 6.62. The zero-order valence-electron chi connectivity index (χ0n) is 17.7. The van der Waals surface area contributed by atoms with Gasteiger partial charge in [0.05, 0.1) is 17.9 Å². The van der Waals surface area contributed by atoms with Gasteiger partial charge < -0.3 is 4.90 Å². The van der Waals surface area contributed by atoms with Crippen LogP contribution in [0.4, 0.5) is 5.82 Å². The molecule has 7 nitrogen and oxygen atoms in total. The Bertz CT molecular complexity index is 969. The number of rotatable bonds is 4. The maximum absolute atomic E-state index is 12.4. The predicted molar refractivity (Wildman–Crippen MR) is 120 cm³/mol. The van der Waals surface area contributed by atoms with Gasteiger partial charge in [-0.2, -0.15) is 22.0 Å². The fraction of sp³-hybridized carbons (Fsp3) is 0.636. The third-order valence-corrected chi connectivity index (χ3v) is 7.63. The van der Waals surface area contributed by atoms with Crippen molar-refractivity contribution in [1.82, 2.24) is 24.9 Å². The van der Waals surface area contributed by atoms with Crippen LogP contribution in [0.25, 0.3) is 0 Å². The van der Waals surface area contributed by atoms with Crippen molar-refractivity contribution in [3.63, 3.8) is 0 Å². The van der Waals surface area contributed by atoms with Gasteiger partial charge in [0.1, 0.15) is 0 Å². The lowest BCUT2D eigenvalue weighted by atomic mass is 9.88. The maximum Gasteiger partial charge on any atom is 0.267 e. The molecule has 1 unspecified atom stereocenters. The first-order chi connectivity index (χ1) is 14.7. The third kappa shape index (κ3) is 4.25. The number of thioether (sulfide) groups is 1. The van der Waals surface area contributed by atoms with E-state index in [9.17, 15) is 4.79 Å². The van der Waals surface area contributed by atoms with Gasteiger partial charge in [0.2, 0.25) is 0 Å². The van der Waals surface area contributed by atoms with E-state index in [4.69, 9.17) is 0 Å². The van der Waals surface area contributed by atoms with Crippen molar-refractivity contribution >= 4 is 17.6 Å². The van der Waals surface area contributed by atoms with E-state index in [-0.39, 0.29) is 5.56 Å². The first-order valence-corrected chi connectivity index (χ1v) is 12.3. The molecule has 1 saturated heterocycles. The van der Waals surface area contributed by atoms with E-state index in [1.807, 2.05) is 11.8 Å². The Hall–Kier alpha value is -1.93. The highest BCUT2D eigenvalue weighted by Crippen LogP contribution is 2.26. The summed E-state index contributed by atoms with van der Waals surface area (Å²) in [6.45, 7) is 7.71. The van der Waals surface area contributed by atoms with Crippen molar-refractivity contribution in [3.8, 4) is 0 Å². The van der Waals surface area contributed by atoms with Crippen LogP contribution in [-0.4, -0.2) is 63.4 Å². The van der Waals surface area contributed by atoms with Crippen LogP contribution < -0.4 is 10.5 Å². The van der Waals surface area contributed by atoms with Gasteiger partial charge in [-0.3, -0.25) is 9.69 Å². The summed E-state index contributed by atoms with van der Waals surface area (Å²) in [6, 6.07) is 4.06. The van der Waals surface area contributed by atoms with Crippen LogP contribution >= 0.6 is 11.8 Å². The van der Waals surface area contributed by atoms with E-state index in [0.717, 1.165) is 86.5 Å². The Morgan fingerprint density at radius 1 is 1.03 bits per heavy atom. The van der Waals surface area contributed by atoms with Crippen molar-refractivity contribution in [2.45, 2.75) is 44.9 Å². The maximum atomic E-state index is 12.4. The number of nitrogens with zero attached hydrogens (tertiary/aromatic N) is 6. The molecule has 5 rings (SSSR count). The van der Waals surface area contributed by atoms with Crippen molar-refractivity contribution in [3.05, 3.63) is 45.0 Å². The van der Waals surface area contributed by atoms with Crippen LogP contribution in [0.3, 0.4) is 0 Å². The van der Waals surface area contributed by atoms with Gasteiger partial charge >= 0.3 is 0 Å². The number of fused-ring (bicyclic) bond motifs is 2. The first-order valence-electron chi connectivity index (χ1n) is 11.2. The average Bonchev–Trinajstić information content (AvgIpc) is 2.77. The quantitative estimate of drug-likeness (QED) is 0.738. The molecule has 30 heavy (non-hydrogen) atoms. The van der Waals surface area contributed by atoms with Gasteiger partial charge in [0, 0.05) is 51.0 Å². The van der Waals surface area contributed by atoms with Gasteiger partial charge in [0.25, 0.3) is 5.56 Å². The Morgan fingerprint density at radius 3 is 2.77 bits per heavy atom. The number of hydrogen-bond acceptors (Lipinski definition) is 7. The number of aromatic nitrogens is 4. The summed E-state index contributed by atoms with van der Waals surface area (Å²) in [5, 5.41) is 13.7. The second kappa shape index (κ2) is 8.67. The summed E-state index contributed by atoms with van der Waals surface area (Å²) < 4.78 is 1.66. The van der Waals surface area contributed by atoms with Crippen LogP contribution in [0.2, 0.25) is 0 Å². The van der Waals surface area contributed by atoms with Crippen molar-refractivity contribution in [2.24, 2.45) is 5.92 Å². The van der Waals surface area contributed by atoms with Crippen LogP contribution in [-0.2, 0) is 31.6 Å². The van der Waals surface area contributed by atoms with Crippen LogP contribution in [0.1, 0.15) is 35.9 Å². The van der Waals surface area contributed by atoms with E-state index in [1.165, 1.54) is 17.7 Å². The van der Waals surface area contributed by atoms with E-state index >= 15 is 0 Å². The molecule has 0 aromatic carbocycles. The van der Waals surface area contributed by atoms with Gasteiger partial charge in [-0.1, -0.05) is 6.92 Å². The number of anilines is 1. The van der Waals surface area contributed by atoms with Crippen LogP contribution in [0.5, 0.6) is 0 Å². The average molecular weight is 427 g/mol. The van der Waals surface area contributed by atoms with Gasteiger partial charge in [0.15, 0.2) is 5.82 Å². The van der Waals surface area contributed by atoms with Crippen molar-refractivity contribution in [2.75, 3.05) is 43.4 Å². The highest BCUT2D eigenvalue weighted by atomic mass is 32.2. The highest BCUT2D eigenvalue weighted by molar-refractivity contribution is 7.98. The molecule has 3 aliphatic rings. The summed E-state index contributed by atoms with van der Waals surface area (Å²) in [5.41, 5.74) is 4.85. The minimum Gasteiger partial charge on any atom is -0.353 e. The molecule has 0 amide bonds. The Kier molecular flexibility index (Phi) is 5.78. The Morgan fingerprint density at radius 2 is 1.90 bits per heavy atom. The molecule has 2 aromatic heterocycles. The minimum atomic E-state index is 0.0356. The SMILES string of the molecule is CC1CCc2nnc(N3CCN(CCn4nc5c(cc4=O)CSCC5)CC3)cc2C1. The summed E-state index contributed by atoms with van der Waals surface area (Å²) in [4.78, 5) is 17.2. The molecule has 160 valence electrons. The lowest BCUT2D eigenvalue weighted by Gasteiger charge is -2.35. The fourth-order valence-corrected chi connectivity index (χ4v) is 5.65. The fourth-order valence-electron chi connectivity index (χ4n) is 4.70. The molecule has 0 N–H and O–H groups in total. The molecular weight excluding hydrogens is 396 g/mol. The number of hydrogen-bond donors (Lipinski definition) is 0. The lowest BCUT2D eigenvalue weighted by molar-refractivity contribution is 0.241. The summed E-state index contributed by atoms with van der Waals surface area (Å²) >= 11 is 1.88. The summed E-state index contributed by atoms with van der Waals surface area (Å²) in [7, 11) is 0. The van der Waals surface area contributed by atoms with E-state index in [2.05, 4.69) is 38.1 Å². The molecule has 0 bridgehead atoms. The molecule has 1 atom stereocenters. The standard InChI is InChI=1S/C22H30N6OS/c1-16-2-3-19-17(12-16)13-21(24-23-19)27-8-5-26(6-9-27)7-10-28-22(29)14-18-15-30-11-4-20(18)25-28/h13-14,16H,2-12,15H2,1H3. The van der Waals surface area contributed by atoms with Crippen molar-refractivity contribution in [1.29, 1.82) is 0 Å². The van der Waals surface area contributed by atoms with Gasteiger partial charge in [-0.25, -0.2) is 4.68 Å². The predicted octanol–water partition coefficient (Wildman–Crippen LogP) is 1.77. The Balaban J connectivity index is 1.17. The second-order valence-electron chi connectivity index (χ2n) is 8.83. The first kappa shape index (κ1) is 20.0. The zero-order valence-corrected chi connectivity index (χ0v) is 18.5. The molecule has 4 heterocycles. The van der Waals surface area contributed by atoms with Gasteiger partial charge in [-0.05, 0) is 48.1 Å². The second-order valence-corrected chi connectivity index (χ2v) is 9.94. The number of aryl methyl sites for hydroxylation is 2. The summed E-state index contributed by atoms with van der Waals surface area (Å²) in [6.07, 6.45) is 4.38. The smallest absolute Gasteiger partial charge is 0.267 e. The molecule has 2 aromatic rings. The normalized spacial score (nSPS) is 21.9. The number of piperazine rings is 1. The molecular formula is C22H30N6OS. The Labute approximate surface area is 181 Å². The topological polar surface area (TPSA) is 67.2 Å². The molecule has 1 aliphatic carbocycles. The van der Waals surface area contributed by atoms with E-state index < -0.39 is 0 Å². The summed E-state index contributed by atoms with van der Waals surface area (Å²) in [5.74, 6) is 3.79. The molecule has 0 saturated carbocycles. The van der Waals surface area contributed by atoms with E-state index in [1.54, 1.807) is 10.7 Å². The molecule has 8 heteroatoms. The largest absolute Gasteiger partial charge is 0.353 e. The van der Waals surface area contributed by atoms with Crippen molar-refractivity contribution < 1.29 is 0 Å². The highest BCUT2D eigenvalue weighted by Gasteiger charge is 2.22. The molecule has 0 spiro atoms. The minimum absolute atomic E-state index is 0.0356. The molecule has 2 aliphatic heterocycles.